The minimum absolute atomic E-state index is 0.303. The lowest BCUT2D eigenvalue weighted by molar-refractivity contribution is 0.0991. The molecule has 4 aliphatic rings. The summed E-state index contributed by atoms with van der Waals surface area (Å²) in [7, 11) is 1.97. The first-order valence-corrected chi connectivity index (χ1v) is 12.7. The lowest BCUT2D eigenvalue weighted by Crippen LogP contribution is -2.37. The van der Waals surface area contributed by atoms with Gasteiger partial charge in [0.25, 0.3) is 0 Å². The molecule has 0 amide bonds. The summed E-state index contributed by atoms with van der Waals surface area (Å²) >= 11 is 0. The number of allylic oxidation sites excluding steroid dienone is 3. The van der Waals surface area contributed by atoms with Crippen molar-refractivity contribution >= 4 is 16.9 Å². The zero-order valence-corrected chi connectivity index (χ0v) is 21.1. The molecule has 0 spiro atoms. The first-order valence-electron chi connectivity index (χ1n) is 12.7. The average Bonchev–Trinajstić information content (AvgIpc) is 3.51. The molecule has 2 saturated heterocycles. The molecule has 2 aliphatic heterocycles. The number of hydrogen-bond acceptors (Lipinski definition) is 5. The summed E-state index contributed by atoms with van der Waals surface area (Å²) in [5.41, 5.74) is 13.6. The van der Waals surface area contributed by atoms with Crippen molar-refractivity contribution in [3.63, 3.8) is 0 Å². The van der Waals surface area contributed by atoms with E-state index in [1.54, 1.807) is 0 Å². The van der Waals surface area contributed by atoms with E-state index < -0.39 is 0 Å². The highest BCUT2D eigenvalue weighted by Gasteiger charge is 2.42. The number of ether oxygens (including phenoxy) is 2. The molecule has 2 bridgehead atoms. The number of pyridine rings is 1. The standard InChI is InChI=1S/C30H33N3O2/c1-6-20-8-7-9-22(12-18(20)3)35-27-14-26(33-15-23-13-21(33)16-34-23)29-24-10-17(2)11-25(31-5)28(24)19(4)30(29)32-27/h7,9-11,14,18,21,23,31H,4,6,12-13,15-16H2,1-3,5H3. The van der Waals surface area contributed by atoms with Gasteiger partial charge < -0.3 is 19.7 Å². The summed E-state index contributed by atoms with van der Waals surface area (Å²) in [5.74, 6) is 1.95. The predicted molar refractivity (Wildman–Crippen MR) is 142 cm³/mol. The first kappa shape index (κ1) is 22.2. The fourth-order valence-corrected chi connectivity index (χ4v) is 6.13. The van der Waals surface area contributed by atoms with Gasteiger partial charge in [-0.05, 0) is 60.6 Å². The van der Waals surface area contributed by atoms with E-state index in [-0.39, 0.29) is 0 Å². The molecule has 0 saturated carbocycles. The van der Waals surface area contributed by atoms with Crippen molar-refractivity contribution in [1.29, 1.82) is 0 Å². The van der Waals surface area contributed by atoms with Crippen LogP contribution in [0.4, 0.5) is 11.4 Å². The van der Waals surface area contributed by atoms with Gasteiger partial charge >= 0.3 is 0 Å². The van der Waals surface area contributed by atoms with Crippen molar-refractivity contribution in [2.45, 2.75) is 52.2 Å². The Balaban J connectivity index is 1.47. The molecule has 3 unspecified atom stereocenters. The monoisotopic (exact) mass is 467 g/mol. The van der Waals surface area contributed by atoms with Crippen LogP contribution < -0.4 is 15.0 Å². The Hall–Kier alpha value is -3.27. The van der Waals surface area contributed by atoms with Crippen LogP contribution in [0.15, 0.2) is 54.0 Å². The Morgan fingerprint density at radius 3 is 2.86 bits per heavy atom. The SMILES string of the molecule is C=C1c2nc(OC3=CC=C=C(CC)C(C)C3)cc(N3CC4CC3CO4)c2-c2cc(C)cc(NC)c21. The number of anilines is 2. The van der Waals surface area contributed by atoms with Crippen LogP contribution in [0.2, 0.25) is 0 Å². The van der Waals surface area contributed by atoms with Crippen LogP contribution in [0.25, 0.3) is 16.7 Å². The van der Waals surface area contributed by atoms with Crippen molar-refractivity contribution in [1.82, 2.24) is 4.98 Å². The van der Waals surface area contributed by atoms with E-state index in [4.69, 9.17) is 14.5 Å². The number of morpholine rings is 1. The maximum atomic E-state index is 6.48. The molecule has 0 radical (unpaired) electrons. The molecule has 2 aromatic rings. The molecule has 35 heavy (non-hydrogen) atoms. The molecule has 5 heteroatoms. The minimum atomic E-state index is 0.303. The second-order valence-corrected chi connectivity index (χ2v) is 10.2. The number of nitrogens with one attached hydrogen (secondary N) is 1. The molecule has 3 heterocycles. The summed E-state index contributed by atoms with van der Waals surface area (Å²) in [4.78, 5) is 7.55. The Morgan fingerprint density at radius 1 is 1.29 bits per heavy atom. The van der Waals surface area contributed by atoms with Crippen LogP contribution in [0, 0.1) is 12.8 Å². The van der Waals surface area contributed by atoms with E-state index in [9.17, 15) is 0 Å². The largest absolute Gasteiger partial charge is 0.443 e. The van der Waals surface area contributed by atoms with Gasteiger partial charge in [-0.25, -0.2) is 4.98 Å². The van der Waals surface area contributed by atoms with Gasteiger partial charge in [-0.1, -0.05) is 26.5 Å². The van der Waals surface area contributed by atoms with E-state index in [0.29, 0.717) is 23.9 Å². The zero-order valence-electron chi connectivity index (χ0n) is 21.1. The van der Waals surface area contributed by atoms with E-state index in [1.807, 2.05) is 19.2 Å². The van der Waals surface area contributed by atoms with E-state index in [1.165, 1.54) is 28.0 Å². The zero-order chi connectivity index (χ0) is 24.3. The van der Waals surface area contributed by atoms with Gasteiger partial charge in [-0.15, -0.1) is 5.73 Å². The van der Waals surface area contributed by atoms with E-state index in [2.05, 4.69) is 61.5 Å². The molecular weight excluding hydrogens is 434 g/mol. The van der Waals surface area contributed by atoms with Crippen LogP contribution in [-0.2, 0) is 4.74 Å². The number of rotatable bonds is 5. The van der Waals surface area contributed by atoms with Crippen molar-refractivity contribution in [2.24, 2.45) is 5.92 Å². The normalized spacial score (nSPS) is 24.2. The highest BCUT2D eigenvalue weighted by atomic mass is 16.5. The number of aromatic nitrogens is 1. The molecule has 6 rings (SSSR count). The maximum Gasteiger partial charge on any atom is 0.221 e. The first-order chi connectivity index (χ1) is 17.0. The Labute approximate surface area is 207 Å². The fourth-order valence-electron chi connectivity index (χ4n) is 6.13. The molecule has 180 valence electrons. The average molecular weight is 468 g/mol. The summed E-state index contributed by atoms with van der Waals surface area (Å²) in [6, 6.07) is 6.97. The third kappa shape index (κ3) is 3.62. The van der Waals surface area contributed by atoms with Crippen LogP contribution in [-0.4, -0.2) is 37.3 Å². The molecule has 1 aromatic heterocycles. The lowest BCUT2D eigenvalue weighted by Gasteiger charge is -2.31. The van der Waals surface area contributed by atoms with E-state index >= 15 is 0 Å². The number of aryl methyl sites for hydroxylation is 1. The third-order valence-corrected chi connectivity index (χ3v) is 7.85. The number of benzene rings is 1. The second-order valence-electron chi connectivity index (χ2n) is 10.2. The van der Waals surface area contributed by atoms with Crippen LogP contribution in [0.1, 0.15) is 49.9 Å². The van der Waals surface area contributed by atoms with Gasteiger partial charge in [0.2, 0.25) is 5.88 Å². The van der Waals surface area contributed by atoms with Crippen molar-refractivity contribution in [3.8, 4) is 17.0 Å². The highest BCUT2D eigenvalue weighted by Crippen LogP contribution is 2.52. The Morgan fingerprint density at radius 2 is 2.14 bits per heavy atom. The van der Waals surface area contributed by atoms with Crippen LogP contribution in [0.5, 0.6) is 5.88 Å². The van der Waals surface area contributed by atoms with Crippen molar-refractivity contribution in [3.05, 3.63) is 70.8 Å². The second kappa shape index (κ2) is 8.44. The smallest absolute Gasteiger partial charge is 0.221 e. The quantitative estimate of drug-likeness (QED) is 0.450. The predicted octanol–water partition coefficient (Wildman–Crippen LogP) is 6.25. The van der Waals surface area contributed by atoms with Gasteiger partial charge in [0.15, 0.2) is 0 Å². The topological polar surface area (TPSA) is 46.6 Å². The van der Waals surface area contributed by atoms with Crippen LogP contribution >= 0.6 is 0 Å². The van der Waals surface area contributed by atoms with Crippen molar-refractivity contribution < 1.29 is 9.47 Å². The molecule has 2 fully saturated rings. The summed E-state index contributed by atoms with van der Waals surface area (Å²) < 4.78 is 12.4. The Kier molecular flexibility index (Phi) is 5.36. The number of nitrogens with zero attached hydrogens (tertiary/aromatic N) is 2. The maximum absolute atomic E-state index is 6.48. The molecule has 3 atom stereocenters. The summed E-state index contributed by atoms with van der Waals surface area (Å²) in [6.07, 6.45) is 7.25. The lowest BCUT2D eigenvalue weighted by atomic mass is 9.96. The summed E-state index contributed by atoms with van der Waals surface area (Å²) in [5, 5.41) is 3.38. The highest BCUT2D eigenvalue weighted by molar-refractivity contribution is 6.07. The van der Waals surface area contributed by atoms with Gasteiger partial charge in [0, 0.05) is 48.5 Å². The fraction of sp³-hybridized carbons (Fsp3) is 0.400. The van der Waals surface area contributed by atoms with Gasteiger partial charge in [-0.2, -0.15) is 0 Å². The van der Waals surface area contributed by atoms with Gasteiger partial charge in [-0.3, -0.25) is 0 Å². The molecule has 1 N–H and O–H groups in total. The number of fused-ring (bicyclic) bond motifs is 5. The van der Waals surface area contributed by atoms with E-state index in [0.717, 1.165) is 60.7 Å². The molecule has 1 aromatic carbocycles. The molecule has 5 nitrogen and oxygen atoms in total. The molecular formula is C30H33N3O2. The summed E-state index contributed by atoms with van der Waals surface area (Å²) in [6.45, 7) is 12.7. The van der Waals surface area contributed by atoms with Gasteiger partial charge in [0.1, 0.15) is 5.76 Å². The minimum Gasteiger partial charge on any atom is -0.443 e. The Bertz CT molecular complexity index is 1330. The third-order valence-electron chi connectivity index (χ3n) is 7.85. The number of hydrogen-bond donors (Lipinski definition) is 1. The van der Waals surface area contributed by atoms with Gasteiger partial charge in [0.05, 0.1) is 30.1 Å². The van der Waals surface area contributed by atoms with Crippen molar-refractivity contribution in [2.75, 3.05) is 30.4 Å². The van der Waals surface area contributed by atoms with Crippen LogP contribution in [0.3, 0.4) is 0 Å². The molecule has 2 aliphatic carbocycles.